The Bertz CT molecular complexity index is 1380. The number of allylic oxidation sites excluding steroid dienone is 3. The number of carbonyl (C=O) groups is 2. The monoisotopic (exact) mass is 482 g/mol. The van der Waals surface area contributed by atoms with E-state index in [2.05, 4.69) is 10.6 Å². The average molecular weight is 483 g/mol. The lowest BCUT2D eigenvalue weighted by atomic mass is 9.71. The fraction of sp³-hybridized carbons (Fsp3) is 0.200. The van der Waals surface area contributed by atoms with Crippen LogP contribution in [0.2, 0.25) is 0 Å². The zero-order chi connectivity index (χ0) is 25.2. The summed E-state index contributed by atoms with van der Waals surface area (Å²) in [5, 5.41) is 6.26. The number of para-hydroxylation sites is 1. The molecule has 3 aromatic rings. The number of ketones is 1. The Morgan fingerprint density at radius 1 is 0.972 bits per heavy atom. The van der Waals surface area contributed by atoms with Gasteiger partial charge in [0.2, 0.25) is 0 Å². The van der Waals surface area contributed by atoms with E-state index < -0.39 is 5.92 Å². The van der Waals surface area contributed by atoms with Crippen LogP contribution in [-0.2, 0) is 9.59 Å². The van der Waals surface area contributed by atoms with Crippen molar-refractivity contribution in [3.8, 4) is 5.75 Å². The van der Waals surface area contributed by atoms with E-state index in [4.69, 9.17) is 4.74 Å². The van der Waals surface area contributed by atoms with Crippen molar-refractivity contribution in [1.29, 1.82) is 0 Å². The third kappa shape index (κ3) is 4.42. The van der Waals surface area contributed by atoms with Crippen molar-refractivity contribution < 1.29 is 18.7 Å². The lowest BCUT2D eigenvalue weighted by Gasteiger charge is -2.37. The minimum atomic E-state index is -0.595. The molecule has 1 aliphatic heterocycles. The molecule has 1 amide bonds. The van der Waals surface area contributed by atoms with Crippen LogP contribution in [0.25, 0.3) is 0 Å². The van der Waals surface area contributed by atoms with Crippen LogP contribution in [0.1, 0.15) is 42.7 Å². The number of hydrogen-bond acceptors (Lipinski definition) is 4. The molecule has 3 aromatic carbocycles. The summed E-state index contributed by atoms with van der Waals surface area (Å²) in [5.74, 6) is -0.660. The average Bonchev–Trinajstić information content (AvgIpc) is 2.89. The smallest absolute Gasteiger partial charge is 0.254 e. The number of halogens is 1. The third-order valence-corrected chi connectivity index (χ3v) is 6.90. The quantitative estimate of drug-likeness (QED) is 0.480. The van der Waals surface area contributed by atoms with Crippen LogP contribution in [0.5, 0.6) is 5.75 Å². The molecule has 0 spiro atoms. The molecule has 0 unspecified atom stereocenters. The summed E-state index contributed by atoms with van der Waals surface area (Å²) < 4.78 is 19.0. The third-order valence-electron chi connectivity index (χ3n) is 6.90. The molecular formula is C30H27FN2O3. The molecule has 5 rings (SSSR count). The van der Waals surface area contributed by atoms with E-state index in [-0.39, 0.29) is 23.4 Å². The maximum Gasteiger partial charge on any atom is 0.254 e. The number of anilines is 1. The predicted octanol–water partition coefficient (Wildman–Crippen LogP) is 5.83. The molecule has 2 N–H and O–H groups in total. The summed E-state index contributed by atoms with van der Waals surface area (Å²) in [4.78, 5) is 27.4. The van der Waals surface area contributed by atoms with Gasteiger partial charge < -0.3 is 15.4 Å². The van der Waals surface area contributed by atoms with E-state index in [1.54, 1.807) is 7.11 Å². The molecule has 1 aliphatic carbocycles. The van der Waals surface area contributed by atoms with Crippen LogP contribution in [0.4, 0.5) is 10.1 Å². The maximum atomic E-state index is 13.7. The molecule has 5 nitrogen and oxygen atoms in total. The number of amides is 1. The van der Waals surface area contributed by atoms with E-state index in [0.29, 0.717) is 41.1 Å². The van der Waals surface area contributed by atoms with Crippen LogP contribution in [0.15, 0.2) is 101 Å². The highest BCUT2D eigenvalue weighted by Gasteiger charge is 2.41. The first-order valence-electron chi connectivity index (χ1n) is 11.9. The topological polar surface area (TPSA) is 67.4 Å². The van der Waals surface area contributed by atoms with E-state index in [0.717, 1.165) is 16.8 Å². The number of Topliss-reactive ketones (excluding diaryl/α,β-unsaturated/α-hetero) is 1. The Morgan fingerprint density at radius 2 is 1.67 bits per heavy atom. The van der Waals surface area contributed by atoms with E-state index in [1.807, 2.05) is 61.5 Å². The Balaban J connectivity index is 1.59. The van der Waals surface area contributed by atoms with Gasteiger partial charge in [0.25, 0.3) is 5.91 Å². The number of dihydropyridines is 1. The Labute approximate surface area is 209 Å². The van der Waals surface area contributed by atoms with Crippen molar-refractivity contribution in [3.05, 3.63) is 118 Å². The lowest BCUT2D eigenvalue weighted by molar-refractivity contribution is -0.116. The molecule has 0 radical (unpaired) electrons. The van der Waals surface area contributed by atoms with Crippen LogP contribution >= 0.6 is 0 Å². The lowest BCUT2D eigenvalue weighted by Crippen LogP contribution is -2.37. The molecular weight excluding hydrogens is 455 g/mol. The van der Waals surface area contributed by atoms with Gasteiger partial charge in [-0.15, -0.1) is 0 Å². The van der Waals surface area contributed by atoms with Gasteiger partial charge in [-0.05, 0) is 55.2 Å². The van der Waals surface area contributed by atoms with E-state index in [9.17, 15) is 14.0 Å². The summed E-state index contributed by atoms with van der Waals surface area (Å²) in [6.07, 6.45) is 1.03. The van der Waals surface area contributed by atoms with Gasteiger partial charge in [-0.3, -0.25) is 9.59 Å². The second-order valence-electron chi connectivity index (χ2n) is 9.13. The first-order valence-corrected chi connectivity index (χ1v) is 11.9. The van der Waals surface area contributed by atoms with Crippen LogP contribution in [0, 0.1) is 5.82 Å². The fourth-order valence-electron chi connectivity index (χ4n) is 5.25. The summed E-state index contributed by atoms with van der Waals surface area (Å²) in [6, 6.07) is 23.1. The fourth-order valence-corrected chi connectivity index (χ4v) is 5.25. The van der Waals surface area contributed by atoms with Crippen LogP contribution < -0.4 is 15.4 Å². The number of nitrogens with one attached hydrogen (secondary N) is 2. The minimum Gasteiger partial charge on any atom is -0.496 e. The normalized spacial score (nSPS) is 19.5. The molecule has 182 valence electrons. The van der Waals surface area contributed by atoms with Gasteiger partial charge in [0.05, 0.1) is 13.0 Å². The highest BCUT2D eigenvalue weighted by atomic mass is 19.1. The number of rotatable bonds is 5. The predicted molar refractivity (Wildman–Crippen MR) is 137 cm³/mol. The number of hydrogen-bond donors (Lipinski definition) is 2. The molecule has 0 bridgehead atoms. The van der Waals surface area contributed by atoms with Crippen molar-refractivity contribution in [1.82, 2.24) is 5.32 Å². The minimum absolute atomic E-state index is 0.00749. The van der Waals surface area contributed by atoms with Crippen molar-refractivity contribution in [2.75, 3.05) is 12.4 Å². The molecule has 0 saturated carbocycles. The molecule has 36 heavy (non-hydrogen) atoms. The standard InChI is InChI=1S/C30H27FN2O3/c1-18-27(30(35)33-22-14-12-21(31)13-15-22)28(23-10-6-7-11-26(23)36-2)29-24(32-18)16-20(17-25(29)34)19-8-4-3-5-9-19/h3-15,20,28,32H,16-17H2,1-2H3,(H,33,35)/t20-,28+/m0/s1. The zero-order valence-corrected chi connectivity index (χ0v) is 20.2. The van der Waals surface area contributed by atoms with Crippen molar-refractivity contribution in [2.45, 2.75) is 31.6 Å². The van der Waals surface area contributed by atoms with Gasteiger partial charge in [-0.25, -0.2) is 4.39 Å². The van der Waals surface area contributed by atoms with Gasteiger partial charge in [-0.2, -0.15) is 0 Å². The van der Waals surface area contributed by atoms with Crippen molar-refractivity contribution >= 4 is 17.4 Å². The Hall–Kier alpha value is -4.19. The molecule has 2 aliphatic rings. The molecule has 2 atom stereocenters. The van der Waals surface area contributed by atoms with Crippen LogP contribution in [0.3, 0.4) is 0 Å². The highest BCUT2D eigenvalue weighted by molar-refractivity contribution is 6.10. The van der Waals surface area contributed by atoms with E-state index >= 15 is 0 Å². The van der Waals surface area contributed by atoms with E-state index in [1.165, 1.54) is 24.3 Å². The summed E-state index contributed by atoms with van der Waals surface area (Å²) >= 11 is 0. The Morgan fingerprint density at radius 3 is 2.39 bits per heavy atom. The maximum absolute atomic E-state index is 13.7. The second-order valence-corrected chi connectivity index (χ2v) is 9.13. The first-order chi connectivity index (χ1) is 17.5. The SMILES string of the molecule is COc1ccccc1[C@@H]1C(C(=O)Nc2ccc(F)cc2)=C(C)NC2=C1C(=O)C[C@@H](c1ccccc1)C2. The second kappa shape index (κ2) is 9.82. The van der Waals surface area contributed by atoms with Crippen LogP contribution in [-0.4, -0.2) is 18.8 Å². The van der Waals surface area contributed by atoms with Gasteiger partial charge >= 0.3 is 0 Å². The molecule has 0 fully saturated rings. The van der Waals surface area contributed by atoms with Gasteiger partial charge in [0.15, 0.2) is 5.78 Å². The number of carbonyl (C=O) groups excluding carboxylic acids is 2. The molecule has 0 saturated heterocycles. The molecule has 0 aromatic heterocycles. The summed E-state index contributed by atoms with van der Waals surface area (Å²) in [6.45, 7) is 1.85. The Kier molecular flexibility index (Phi) is 6.42. The summed E-state index contributed by atoms with van der Waals surface area (Å²) in [5.41, 5.74) is 4.89. The summed E-state index contributed by atoms with van der Waals surface area (Å²) in [7, 11) is 1.58. The highest BCUT2D eigenvalue weighted by Crippen LogP contribution is 2.47. The zero-order valence-electron chi connectivity index (χ0n) is 20.2. The molecule has 1 heterocycles. The van der Waals surface area contributed by atoms with Gasteiger partial charge in [0, 0.05) is 40.2 Å². The largest absolute Gasteiger partial charge is 0.496 e. The molecule has 6 heteroatoms. The van der Waals surface area contributed by atoms with Gasteiger partial charge in [-0.1, -0.05) is 48.5 Å². The van der Waals surface area contributed by atoms with Crippen molar-refractivity contribution in [2.24, 2.45) is 0 Å². The van der Waals surface area contributed by atoms with Crippen molar-refractivity contribution in [3.63, 3.8) is 0 Å². The number of benzene rings is 3. The number of ether oxygens (including phenoxy) is 1. The number of methoxy groups -OCH3 is 1. The van der Waals surface area contributed by atoms with Gasteiger partial charge in [0.1, 0.15) is 11.6 Å². The first kappa shape index (κ1) is 23.5.